The van der Waals surface area contributed by atoms with Crippen LogP contribution >= 0.6 is 0 Å². The Hall–Kier alpha value is -2.87. The zero-order valence-corrected chi connectivity index (χ0v) is 12.3. The fraction of sp³-hybridized carbons (Fsp3) is 0.235. The minimum Gasteiger partial charge on any atom is -0.372 e. The van der Waals surface area contributed by atoms with Crippen molar-refractivity contribution in [3.63, 3.8) is 0 Å². The van der Waals surface area contributed by atoms with E-state index in [1.54, 1.807) is 25.4 Å². The molecular weight excluding hydrogens is 276 g/mol. The molecule has 1 aliphatic carbocycles. The third-order valence-electron chi connectivity index (χ3n) is 3.84. The summed E-state index contributed by atoms with van der Waals surface area (Å²) in [6, 6.07) is 6.03. The van der Waals surface area contributed by atoms with Crippen LogP contribution < -0.4 is 11.0 Å². The SMILES string of the molecule is C=C/C=C/n1c(=O)nc(NC)c2cc(C#N)c(C3CC3)cc21. The maximum absolute atomic E-state index is 12.2. The van der Waals surface area contributed by atoms with Gasteiger partial charge in [-0.2, -0.15) is 10.2 Å². The summed E-state index contributed by atoms with van der Waals surface area (Å²) in [7, 11) is 1.71. The molecule has 1 heterocycles. The molecule has 5 heteroatoms. The molecule has 0 unspecified atom stereocenters. The Morgan fingerprint density at radius 3 is 2.86 bits per heavy atom. The van der Waals surface area contributed by atoms with E-state index < -0.39 is 0 Å². The van der Waals surface area contributed by atoms with E-state index in [9.17, 15) is 10.1 Å². The molecule has 1 saturated carbocycles. The van der Waals surface area contributed by atoms with E-state index >= 15 is 0 Å². The highest BCUT2D eigenvalue weighted by Gasteiger charge is 2.27. The van der Waals surface area contributed by atoms with E-state index in [-0.39, 0.29) is 5.69 Å². The van der Waals surface area contributed by atoms with Crippen molar-refractivity contribution in [2.24, 2.45) is 0 Å². The fourth-order valence-corrected chi connectivity index (χ4v) is 2.62. The van der Waals surface area contributed by atoms with E-state index in [1.165, 1.54) is 4.57 Å². The molecule has 5 nitrogen and oxygen atoms in total. The largest absolute Gasteiger partial charge is 0.372 e. The number of anilines is 1. The van der Waals surface area contributed by atoms with E-state index in [0.717, 1.165) is 29.3 Å². The standard InChI is InChI=1S/C17H16N4O/c1-3-4-7-21-15-9-13(11-5-6-11)12(10-18)8-14(15)16(19-2)20-17(21)22/h3-4,7-9,11H,1,5-6H2,2H3,(H,19,20,22)/b7-4+. The Balaban J connectivity index is 2.40. The van der Waals surface area contributed by atoms with E-state index in [4.69, 9.17) is 0 Å². The van der Waals surface area contributed by atoms with Crippen LogP contribution in [0.3, 0.4) is 0 Å². The normalized spacial score (nSPS) is 14.2. The van der Waals surface area contributed by atoms with Gasteiger partial charge in [-0.05, 0) is 42.5 Å². The lowest BCUT2D eigenvalue weighted by Crippen LogP contribution is -2.21. The van der Waals surface area contributed by atoms with Crippen molar-refractivity contribution in [1.29, 1.82) is 5.26 Å². The van der Waals surface area contributed by atoms with Crippen LogP contribution in [0.25, 0.3) is 17.1 Å². The van der Waals surface area contributed by atoms with Gasteiger partial charge >= 0.3 is 5.69 Å². The average molecular weight is 292 g/mol. The molecule has 0 saturated heterocycles. The molecule has 0 atom stereocenters. The van der Waals surface area contributed by atoms with Gasteiger partial charge in [0.15, 0.2) is 0 Å². The van der Waals surface area contributed by atoms with Crippen LogP contribution in [-0.2, 0) is 0 Å². The van der Waals surface area contributed by atoms with Gasteiger partial charge in [-0.3, -0.25) is 4.57 Å². The van der Waals surface area contributed by atoms with Crippen LogP contribution in [-0.4, -0.2) is 16.6 Å². The van der Waals surface area contributed by atoms with Crippen molar-refractivity contribution >= 4 is 22.9 Å². The highest BCUT2D eigenvalue weighted by molar-refractivity contribution is 5.92. The molecule has 110 valence electrons. The number of nitrogens with zero attached hydrogens (tertiary/aromatic N) is 3. The highest BCUT2D eigenvalue weighted by atomic mass is 16.1. The second-order valence-electron chi connectivity index (χ2n) is 5.28. The lowest BCUT2D eigenvalue weighted by molar-refractivity contribution is 1.00. The smallest absolute Gasteiger partial charge is 0.354 e. The van der Waals surface area contributed by atoms with Crippen molar-refractivity contribution in [3.05, 3.63) is 52.5 Å². The summed E-state index contributed by atoms with van der Waals surface area (Å²) in [5.41, 5.74) is 2.07. The molecule has 0 aliphatic heterocycles. The van der Waals surface area contributed by atoms with Gasteiger partial charge in [0.25, 0.3) is 0 Å². The van der Waals surface area contributed by atoms with Crippen molar-refractivity contribution in [3.8, 4) is 6.07 Å². The predicted molar refractivity (Wildman–Crippen MR) is 87.8 cm³/mol. The second kappa shape index (κ2) is 5.49. The number of benzene rings is 1. The Morgan fingerprint density at radius 2 is 2.27 bits per heavy atom. The molecular formula is C17H16N4O. The topological polar surface area (TPSA) is 70.7 Å². The van der Waals surface area contributed by atoms with Crippen molar-refractivity contribution in [2.45, 2.75) is 18.8 Å². The summed E-state index contributed by atoms with van der Waals surface area (Å²) in [4.78, 5) is 16.3. The van der Waals surface area contributed by atoms with Gasteiger partial charge in [-0.25, -0.2) is 4.79 Å². The maximum atomic E-state index is 12.2. The molecule has 3 rings (SSSR count). The van der Waals surface area contributed by atoms with Gasteiger partial charge in [0.2, 0.25) is 0 Å². The first-order valence-corrected chi connectivity index (χ1v) is 7.17. The maximum Gasteiger partial charge on any atom is 0.354 e. The number of hydrogen-bond acceptors (Lipinski definition) is 4. The first-order chi connectivity index (χ1) is 10.7. The van der Waals surface area contributed by atoms with Crippen LogP contribution in [0.1, 0.15) is 29.9 Å². The van der Waals surface area contributed by atoms with Gasteiger partial charge in [0.1, 0.15) is 5.82 Å². The molecule has 0 spiro atoms. The molecule has 22 heavy (non-hydrogen) atoms. The number of nitrogens with one attached hydrogen (secondary N) is 1. The zero-order valence-electron chi connectivity index (χ0n) is 12.3. The highest BCUT2D eigenvalue weighted by Crippen LogP contribution is 2.43. The molecule has 1 aromatic carbocycles. The second-order valence-corrected chi connectivity index (χ2v) is 5.28. The molecule has 1 aliphatic rings. The van der Waals surface area contributed by atoms with Gasteiger partial charge in [0.05, 0.1) is 17.1 Å². The third kappa shape index (κ3) is 2.29. The van der Waals surface area contributed by atoms with Gasteiger partial charge < -0.3 is 5.32 Å². The van der Waals surface area contributed by atoms with E-state index in [1.807, 2.05) is 12.1 Å². The zero-order chi connectivity index (χ0) is 15.7. The van der Waals surface area contributed by atoms with Crippen LogP contribution in [0.15, 0.2) is 35.7 Å². The lowest BCUT2D eigenvalue weighted by Gasteiger charge is -2.12. The van der Waals surface area contributed by atoms with Crippen molar-refractivity contribution in [2.75, 3.05) is 12.4 Å². The fourth-order valence-electron chi connectivity index (χ4n) is 2.62. The number of allylic oxidation sites excluding steroid dienone is 2. The van der Waals surface area contributed by atoms with Gasteiger partial charge in [-0.15, -0.1) is 0 Å². The van der Waals surface area contributed by atoms with Gasteiger partial charge in [-0.1, -0.05) is 12.7 Å². The van der Waals surface area contributed by atoms with Crippen molar-refractivity contribution in [1.82, 2.24) is 9.55 Å². The van der Waals surface area contributed by atoms with Crippen molar-refractivity contribution < 1.29 is 0 Å². The van der Waals surface area contributed by atoms with Crippen LogP contribution in [0.4, 0.5) is 5.82 Å². The number of hydrogen-bond donors (Lipinski definition) is 1. The molecule has 1 N–H and O–H groups in total. The van der Waals surface area contributed by atoms with Crippen LogP contribution in [0.2, 0.25) is 0 Å². The number of nitriles is 1. The third-order valence-corrected chi connectivity index (χ3v) is 3.84. The summed E-state index contributed by atoms with van der Waals surface area (Å²) in [6.07, 6.45) is 7.13. The Labute approximate surface area is 128 Å². The summed E-state index contributed by atoms with van der Waals surface area (Å²) in [5.74, 6) is 0.916. The Morgan fingerprint density at radius 1 is 1.50 bits per heavy atom. The molecule has 2 aromatic rings. The molecule has 1 fully saturated rings. The summed E-state index contributed by atoms with van der Waals surface area (Å²) < 4.78 is 1.49. The average Bonchev–Trinajstić information content (AvgIpc) is 3.37. The monoisotopic (exact) mass is 292 g/mol. The minimum absolute atomic E-state index is 0.360. The number of rotatable bonds is 4. The molecule has 0 amide bonds. The number of fused-ring (bicyclic) bond motifs is 1. The predicted octanol–water partition coefficient (Wildman–Crippen LogP) is 2.84. The first-order valence-electron chi connectivity index (χ1n) is 7.17. The van der Waals surface area contributed by atoms with Crippen LogP contribution in [0.5, 0.6) is 0 Å². The van der Waals surface area contributed by atoms with E-state index in [2.05, 4.69) is 22.9 Å². The van der Waals surface area contributed by atoms with Gasteiger partial charge in [0, 0.05) is 18.6 Å². The molecule has 0 radical (unpaired) electrons. The number of aromatic nitrogens is 2. The molecule has 1 aromatic heterocycles. The summed E-state index contributed by atoms with van der Waals surface area (Å²) >= 11 is 0. The van der Waals surface area contributed by atoms with E-state index in [0.29, 0.717) is 17.3 Å². The quantitative estimate of drug-likeness (QED) is 0.880. The Bertz CT molecular complexity index is 882. The first kappa shape index (κ1) is 14.1. The Kier molecular flexibility index (Phi) is 3.51. The summed E-state index contributed by atoms with van der Waals surface area (Å²) in [6.45, 7) is 3.62. The molecule has 0 bridgehead atoms. The summed E-state index contributed by atoms with van der Waals surface area (Å²) in [5, 5.41) is 13.1. The lowest BCUT2D eigenvalue weighted by atomic mass is 10.0. The minimum atomic E-state index is -0.360. The van der Waals surface area contributed by atoms with Crippen LogP contribution in [0, 0.1) is 11.3 Å².